The molecule has 2 atom stereocenters. The van der Waals surface area contributed by atoms with E-state index in [0.29, 0.717) is 0 Å². The number of aryl methyl sites for hydroxylation is 2. The second-order valence-electron chi connectivity index (χ2n) is 5.06. The molecule has 0 fully saturated rings. The number of carbonyl (C=O) groups excluding carboxylic acids is 1. The zero-order valence-electron chi connectivity index (χ0n) is 10.2. The Bertz CT molecular complexity index is 470. The standard InChI is InChI=1S/C14H17NO2S/c16-8-9-4-5-11(6-9)15-14(17)13-7-10-2-1-3-12(10)18-13/h4-5,7,9,11,16H,1-3,6,8H2,(H,15,17)/t9-,11+/m0/s1. The molecule has 4 heteroatoms. The van der Waals surface area contributed by atoms with Crippen LogP contribution in [0.2, 0.25) is 0 Å². The van der Waals surface area contributed by atoms with E-state index in [1.807, 2.05) is 18.2 Å². The Kier molecular flexibility index (Phi) is 3.22. The summed E-state index contributed by atoms with van der Waals surface area (Å²) in [4.78, 5) is 14.3. The molecule has 18 heavy (non-hydrogen) atoms. The second-order valence-corrected chi connectivity index (χ2v) is 6.19. The Morgan fingerprint density at radius 1 is 1.44 bits per heavy atom. The van der Waals surface area contributed by atoms with E-state index < -0.39 is 0 Å². The van der Waals surface area contributed by atoms with Crippen LogP contribution in [0.1, 0.15) is 33.0 Å². The molecule has 0 unspecified atom stereocenters. The summed E-state index contributed by atoms with van der Waals surface area (Å²) in [6.07, 6.45) is 8.26. The first-order valence-corrected chi connectivity index (χ1v) is 7.29. The quantitative estimate of drug-likeness (QED) is 0.818. The lowest BCUT2D eigenvalue weighted by atomic mass is 10.1. The number of rotatable bonds is 3. The lowest BCUT2D eigenvalue weighted by Crippen LogP contribution is -2.32. The van der Waals surface area contributed by atoms with Crippen LogP contribution in [-0.2, 0) is 12.8 Å². The van der Waals surface area contributed by atoms with Crippen LogP contribution in [0.5, 0.6) is 0 Å². The van der Waals surface area contributed by atoms with Crippen LogP contribution in [-0.4, -0.2) is 23.7 Å². The minimum atomic E-state index is 0.0302. The highest BCUT2D eigenvalue weighted by atomic mass is 32.1. The van der Waals surface area contributed by atoms with Crippen molar-refractivity contribution in [2.45, 2.75) is 31.7 Å². The SMILES string of the molecule is O=C(N[C@@H]1C=C[C@H](CO)C1)c1cc2c(s1)CCC2. The highest BCUT2D eigenvalue weighted by molar-refractivity contribution is 7.14. The van der Waals surface area contributed by atoms with Crippen molar-refractivity contribution in [2.75, 3.05) is 6.61 Å². The van der Waals surface area contributed by atoms with Crippen LogP contribution in [0.4, 0.5) is 0 Å². The Balaban J connectivity index is 1.63. The predicted octanol–water partition coefficient (Wildman–Crippen LogP) is 1.90. The topological polar surface area (TPSA) is 49.3 Å². The van der Waals surface area contributed by atoms with Crippen molar-refractivity contribution < 1.29 is 9.90 Å². The molecule has 0 aliphatic heterocycles. The van der Waals surface area contributed by atoms with Gasteiger partial charge in [0, 0.05) is 23.4 Å². The highest BCUT2D eigenvalue weighted by Gasteiger charge is 2.23. The normalized spacial score (nSPS) is 25.4. The number of carbonyl (C=O) groups is 1. The molecule has 1 aromatic rings. The molecule has 0 bridgehead atoms. The van der Waals surface area contributed by atoms with Gasteiger partial charge in [-0.25, -0.2) is 0 Å². The van der Waals surface area contributed by atoms with Crippen LogP contribution >= 0.6 is 11.3 Å². The smallest absolute Gasteiger partial charge is 0.261 e. The van der Waals surface area contributed by atoms with Gasteiger partial charge in [0.2, 0.25) is 0 Å². The summed E-state index contributed by atoms with van der Waals surface area (Å²) >= 11 is 1.63. The van der Waals surface area contributed by atoms with Gasteiger partial charge >= 0.3 is 0 Å². The number of hydrogen-bond acceptors (Lipinski definition) is 3. The molecule has 1 aromatic heterocycles. The summed E-state index contributed by atoms with van der Waals surface area (Å²) in [6.45, 7) is 0.163. The van der Waals surface area contributed by atoms with E-state index in [0.717, 1.165) is 24.1 Å². The number of nitrogens with one attached hydrogen (secondary N) is 1. The first kappa shape index (κ1) is 11.9. The van der Waals surface area contributed by atoms with Gasteiger partial charge in [-0.15, -0.1) is 11.3 Å². The van der Waals surface area contributed by atoms with Crippen LogP contribution in [0.25, 0.3) is 0 Å². The van der Waals surface area contributed by atoms with Gasteiger partial charge in [0.1, 0.15) is 0 Å². The molecule has 96 valence electrons. The van der Waals surface area contributed by atoms with E-state index in [1.54, 1.807) is 11.3 Å². The average Bonchev–Trinajstić information content (AvgIpc) is 3.02. The van der Waals surface area contributed by atoms with Gasteiger partial charge in [-0.2, -0.15) is 0 Å². The third-order valence-electron chi connectivity index (χ3n) is 3.69. The van der Waals surface area contributed by atoms with Crippen molar-refractivity contribution in [2.24, 2.45) is 5.92 Å². The molecule has 1 amide bonds. The van der Waals surface area contributed by atoms with Crippen LogP contribution in [0.3, 0.4) is 0 Å². The number of thiophene rings is 1. The Labute approximate surface area is 111 Å². The Morgan fingerprint density at radius 2 is 2.33 bits per heavy atom. The van der Waals surface area contributed by atoms with Crippen molar-refractivity contribution in [1.29, 1.82) is 0 Å². The third-order valence-corrected chi connectivity index (χ3v) is 4.93. The second kappa shape index (κ2) is 4.86. The summed E-state index contributed by atoms with van der Waals surface area (Å²) < 4.78 is 0. The van der Waals surface area contributed by atoms with Crippen molar-refractivity contribution in [1.82, 2.24) is 5.32 Å². The lowest BCUT2D eigenvalue weighted by molar-refractivity contribution is 0.0945. The van der Waals surface area contributed by atoms with Crippen molar-refractivity contribution in [3.63, 3.8) is 0 Å². The van der Waals surface area contributed by atoms with Gasteiger partial charge in [-0.3, -0.25) is 4.79 Å². The summed E-state index contributed by atoms with van der Waals surface area (Å²) in [5, 5.41) is 12.1. The first-order chi connectivity index (χ1) is 8.76. The maximum Gasteiger partial charge on any atom is 0.261 e. The summed E-state index contributed by atoms with van der Waals surface area (Å²) in [7, 11) is 0. The predicted molar refractivity (Wildman–Crippen MR) is 71.9 cm³/mol. The van der Waals surface area contributed by atoms with E-state index in [1.165, 1.54) is 16.9 Å². The minimum absolute atomic E-state index is 0.0302. The molecule has 0 aromatic carbocycles. The van der Waals surface area contributed by atoms with Crippen LogP contribution in [0.15, 0.2) is 18.2 Å². The van der Waals surface area contributed by atoms with Gasteiger partial charge in [0.15, 0.2) is 0 Å². The number of aliphatic hydroxyl groups is 1. The molecule has 1 heterocycles. The molecule has 3 nitrogen and oxygen atoms in total. The number of aliphatic hydroxyl groups excluding tert-OH is 1. The maximum atomic E-state index is 12.1. The van der Waals surface area contributed by atoms with Gasteiger partial charge in [0.05, 0.1) is 4.88 Å². The minimum Gasteiger partial charge on any atom is -0.396 e. The zero-order valence-corrected chi connectivity index (χ0v) is 11.0. The first-order valence-electron chi connectivity index (χ1n) is 6.48. The fourth-order valence-electron chi connectivity index (χ4n) is 2.70. The Hall–Kier alpha value is -1.13. The molecular weight excluding hydrogens is 246 g/mol. The molecule has 0 spiro atoms. The van der Waals surface area contributed by atoms with Crippen LogP contribution < -0.4 is 5.32 Å². The van der Waals surface area contributed by atoms with Gasteiger partial charge in [0.25, 0.3) is 5.91 Å². The fraction of sp³-hybridized carbons (Fsp3) is 0.500. The number of amides is 1. The molecular formula is C14H17NO2S. The van der Waals surface area contributed by atoms with E-state index in [4.69, 9.17) is 5.11 Å². The largest absolute Gasteiger partial charge is 0.396 e. The van der Waals surface area contributed by atoms with E-state index in [-0.39, 0.29) is 24.5 Å². The highest BCUT2D eigenvalue weighted by Crippen LogP contribution is 2.30. The number of hydrogen-bond donors (Lipinski definition) is 2. The summed E-state index contributed by atoms with van der Waals surface area (Å²) in [5.74, 6) is 0.228. The maximum absolute atomic E-state index is 12.1. The Morgan fingerprint density at radius 3 is 3.06 bits per heavy atom. The molecule has 0 saturated carbocycles. The van der Waals surface area contributed by atoms with Gasteiger partial charge in [-0.05, 0) is 37.3 Å². The molecule has 2 aliphatic rings. The monoisotopic (exact) mass is 263 g/mol. The fourth-order valence-corrected chi connectivity index (χ4v) is 3.85. The molecule has 3 rings (SSSR count). The van der Waals surface area contributed by atoms with Crippen molar-refractivity contribution >= 4 is 17.2 Å². The van der Waals surface area contributed by atoms with E-state index in [9.17, 15) is 4.79 Å². The molecule has 0 radical (unpaired) electrons. The van der Waals surface area contributed by atoms with Crippen molar-refractivity contribution in [3.05, 3.63) is 33.5 Å². The van der Waals surface area contributed by atoms with Crippen LogP contribution in [0, 0.1) is 5.92 Å². The van der Waals surface area contributed by atoms with Crippen molar-refractivity contribution in [3.8, 4) is 0 Å². The average molecular weight is 263 g/mol. The zero-order chi connectivity index (χ0) is 12.5. The van der Waals surface area contributed by atoms with E-state index >= 15 is 0 Å². The molecule has 2 aliphatic carbocycles. The lowest BCUT2D eigenvalue weighted by Gasteiger charge is -2.11. The summed E-state index contributed by atoms with van der Waals surface area (Å²) in [5.41, 5.74) is 1.36. The summed E-state index contributed by atoms with van der Waals surface area (Å²) in [6, 6.07) is 2.12. The third kappa shape index (κ3) is 2.22. The molecule has 2 N–H and O–H groups in total. The van der Waals surface area contributed by atoms with Gasteiger partial charge in [-0.1, -0.05) is 12.2 Å². The van der Waals surface area contributed by atoms with E-state index in [2.05, 4.69) is 5.32 Å². The number of fused-ring (bicyclic) bond motifs is 1. The molecule has 0 saturated heterocycles. The van der Waals surface area contributed by atoms with Gasteiger partial charge < -0.3 is 10.4 Å².